The van der Waals surface area contributed by atoms with E-state index in [9.17, 15) is 13.2 Å². The van der Waals surface area contributed by atoms with Gasteiger partial charge in [-0.2, -0.15) is 5.26 Å². The average Bonchev–Trinajstić information content (AvgIpc) is 2.79. The van der Waals surface area contributed by atoms with E-state index >= 15 is 0 Å². The quantitative estimate of drug-likeness (QED) is 0.631. The number of nitriles is 1. The lowest BCUT2D eigenvalue weighted by Crippen LogP contribution is -2.28. The summed E-state index contributed by atoms with van der Waals surface area (Å²) in [4.78, 5) is 12.8. The monoisotopic (exact) mass is 433 g/mol. The lowest BCUT2D eigenvalue weighted by Gasteiger charge is -2.20. The molecule has 1 unspecified atom stereocenters. The normalized spacial score (nSPS) is 11.9. The van der Waals surface area contributed by atoms with Crippen molar-refractivity contribution in [1.82, 2.24) is 5.32 Å². The van der Waals surface area contributed by atoms with Gasteiger partial charge in [-0.15, -0.1) is 0 Å². The minimum Gasteiger partial charge on any atom is -0.346 e. The van der Waals surface area contributed by atoms with Gasteiger partial charge in [-0.1, -0.05) is 29.8 Å². The van der Waals surface area contributed by atoms with Crippen molar-refractivity contribution in [1.29, 1.82) is 5.26 Å². The second kappa shape index (κ2) is 9.02. The number of carbonyl (C=O) groups excluding carboxylic acids is 1. The molecule has 0 fully saturated rings. The van der Waals surface area contributed by atoms with E-state index in [1.54, 1.807) is 72.8 Å². The van der Waals surface area contributed by atoms with Crippen molar-refractivity contribution in [2.24, 2.45) is 0 Å². The summed E-state index contributed by atoms with van der Waals surface area (Å²) in [6.07, 6.45) is 0. The minimum absolute atomic E-state index is 0.207. The topological polar surface area (TPSA) is 90.3 Å². The lowest BCUT2D eigenvalue weighted by molar-refractivity contribution is 0.0940. The van der Waals surface area contributed by atoms with Gasteiger partial charge in [0, 0.05) is 12.6 Å². The fourth-order valence-corrected chi connectivity index (χ4v) is 4.24. The Morgan fingerprint density at radius 1 is 0.968 bits per heavy atom. The van der Waals surface area contributed by atoms with Gasteiger partial charge in [-0.3, -0.25) is 9.10 Å². The molecule has 0 aliphatic carbocycles. The van der Waals surface area contributed by atoms with Gasteiger partial charge in [0.15, 0.2) is 0 Å². The van der Waals surface area contributed by atoms with Gasteiger partial charge in [-0.05, 0) is 67.9 Å². The average molecular weight is 434 g/mol. The van der Waals surface area contributed by atoms with Gasteiger partial charge in [0.2, 0.25) is 0 Å². The molecule has 31 heavy (non-hydrogen) atoms. The Labute approximate surface area is 182 Å². The number of amides is 1. The van der Waals surface area contributed by atoms with Crippen LogP contribution in [0.25, 0.3) is 0 Å². The third kappa shape index (κ3) is 4.93. The molecule has 0 aliphatic rings. The minimum atomic E-state index is -3.69. The van der Waals surface area contributed by atoms with E-state index in [0.717, 1.165) is 11.1 Å². The molecule has 1 amide bonds. The standard InChI is InChI=1S/C24H23N3O3S/c1-17-4-14-23(15-5-17)31(29,30)27(3)22-12-10-21(11-13-22)24(28)26-18(2)20-8-6-19(16-25)7-9-20/h4-15,18H,1-3H3,(H,26,28). The largest absolute Gasteiger partial charge is 0.346 e. The van der Waals surface area contributed by atoms with Crippen LogP contribution in [0.4, 0.5) is 5.69 Å². The molecule has 1 N–H and O–H groups in total. The highest BCUT2D eigenvalue weighted by molar-refractivity contribution is 7.92. The van der Waals surface area contributed by atoms with Gasteiger partial charge in [0.05, 0.1) is 28.3 Å². The molecule has 3 aromatic carbocycles. The molecule has 1 atom stereocenters. The van der Waals surface area contributed by atoms with Crippen LogP contribution in [0, 0.1) is 18.3 Å². The van der Waals surface area contributed by atoms with Crippen molar-refractivity contribution >= 4 is 21.6 Å². The number of sulfonamides is 1. The van der Waals surface area contributed by atoms with Crippen LogP contribution in [-0.4, -0.2) is 21.4 Å². The number of hydrogen-bond donors (Lipinski definition) is 1. The summed E-state index contributed by atoms with van der Waals surface area (Å²) in [5.41, 5.74) is 3.30. The first kappa shape index (κ1) is 22.1. The number of nitrogens with one attached hydrogen (secondary N) is 1. The molecule has 158 valence electrons. The lowest BCUT2D eigenvalue weighted by atomic mass is 10.1. The molecule has 6 nitrogen and oxygen atoms in total. The number of carbonyl (C=O) groups is 1. The molecule has 0 heterocycles. The number of hydrogen-bond acceptors (Lipinski definition) is 4. The first-order valence-electron chi connectivity index (χ1n) is 9.69. The Bertz CT molecular complexity index is 1210. The summed E-state index contributed by atoms with van der Waals surface area (Å²) in [5, 5.41) is 11.8. The van der Waals surface area contributed by atoms with Crippen molar-refractivity contribution in [2.75, 3.05) is 11.4 Å². The van der Waals surface area contributed by atoms with Crippen LogP contribution in [0.5, 0.6) is 0 Å². The predicted octanol–water partition coefficient (Wildman–Crippen LogP) is 4.18. The van der Waals surface area contributed by atoms with E-state index < -0.39 is 10.0 Å². The van der Waals surface area contributed by atoms with E-state index in [4.69, 9.17) is 5.26 Å². The Morgan fingerprint density at radius 2 is 1.55 bits per heavy atom. The van der Waals surface area contributed by atoms with Crippen LogP contribution in [0.15, 0.2) is 77.7 Å². The van der Waals surface area contributed by atoms with E-state index in [0.29, 0.717) is 16.8 Å². The van der Waals surface area contributed by atoms with Gasteiger partial charge in [0.1, 0.15) is 0 Å². The highest BCUT2D eigenvalue weighted by atomic mass is 32.2. The van der Waals surface area contributed by atoms with Crippen LogP contribution in [0.3, 0.4) is 0 Å². The van der Waals surface area contributed by atoms with Gasteiger partial charge < -0.3 is 5.32 Å². The van der Waals surface area contributed by atoms with Crippen LogP contribution in [0.1, 0.15) is 40.0 Å². The SMILES string of the molecule is Cc1ccc(S(=O)(=O)N(C)c2ccc(C(=O)NC(C)c3ccc(C#N)cc3)cc2)cc1. The molecule has 7 heteroatoms. The number of rotatable bonds is 6. The Balaban J connectivity index is 1.72. The summed E-state index contributed by atoms with van der Waals surface area (Å²) < 4.78 is 26.9. The molecule has 3 rings (SSSR count). The molecule has 0 aromatic heterocycles. The fourth-order valence-electron chi connectivity index (χ4n) is 3.04. The van der Waals surface area contributed by atoms with Crippen LogP contribution in [0.2, 0.25) is 0 Å². The third-order valence-electron chi connectivity index (χ3n) is 5.06. The van der Waals surface area contributed by atoms with Crippen LogP contribution < -0.4 is 9.62 Å². The highest BCUT2D eigenvalue weighted by Crippen LogP contribution is 2.23. The van der Waals surface area contributed by atoms with Crippen molar-refractivity contribution in [3.05, 3.63) is 95.1 Å². The zero-order chi connectivity index (χ0) is 22.6. The zero-order valence-electron chi connectivity index (χ0n) is 17.5. The molecule has 0 aliphatic heterocycles. The smallest absolute Gasteiger partial charge is 0.264 e. The maximum absolute atomic E-state index is 12.8. The molecule has 0 saturated heterocycles. The third-order valence-corrected chi connectivity index (χ3v) is 6.86. The summed E-state index contributed by atoms with van der Waals surface area (Å²) >= 11 is 0. The molecule has 0 spiro atoms. The fraction of sp³-hybridized carbons (Fsp3) is 0.167. The number of aryl methyl sites for hydroxylation is 1. The highest BCUT2D eigenvalue weighted by Gasteiger charge is 2.21. The van der Waals surface area contributed by atoms with Crippen LogP contribution in [-0.2, 0) is 10.0 Å². The predicted molar refractivity (Wildman–Crippen MR) is 120 cm³/mol. The molecular formula is C24H23N3O3S. The summed E-state index contributed by atoms with van der Waals surface area (Å²) in [7, 11) is -2.21. The van der Waals surface area contributed by atoms with E-state index in [1.165, 1.54) is 11.4 Å². The Morgan fingerprint density at radius 3 is 2.10 bits per heavy atom. The van der Waals surface area contributed by atoms with E-state index in [2.05, 4.69) is 11.4 Å². The zero-order valence-corrected chi connectivity index (χ0v) is 18.3. The van der Waals surface area contributed by atoms with Crippen molar-refractivity contribution in [2.45, 2.75) is 24.8 Å². The van der Waals surface area contributed by atoms with Gasteiger partial charge in [0.25, 0.3) is 15.9 Å². The second-order valence-corrected chi connectivity index (χ2v) is 9.23. The summed E-state index contributed by atoms with van der Waals surface area (Å²) in [6.45, 7) is 3.75. The molecular weight excluding hydrogens is 410 g/mol. The van der Waals surface area contributed by atoms with Crippen molar-refractivity contribution in [3.63, 3.8) is 0 Å². The number of anilines is 1. The number of nitrogens with zero attached hydrogens (tertiary/aromatic N) is 2. The molecule has 0 saturated carbocycles. The summed E-state index contributed by atoms with van der Waals surface area (Å²) in [5.74, 6) is -0.271. The number of benzene rings is 3. The molecule has 0 bridgehead atoms. The maximum Gasteiger partial charge on any atom is 0.264 e. The maximum atomic E-state index is 12.8. The Hall–Kier alpha value is -3.63. The first-order valence-corrected chi connectivity index (χ1v) is 11.1. The van der Waals surface area contributed by atoms with Crippen LogP contribution >= 0.6 is 0 Å². The molecule has 0 radical (unpaired) electrons. The second-order valence-electron chi connectivity index (χ2n) is 7.26. The van der Waals surface area contributed by atoms with Crippen molar-refractivity contribution < 1.29 is 13.2 Å². The van der Waals surface area contributed by atoms with Gasteiger partial charge in [-0.25, -0.2) is 8.42 Å². The Kier molecular flexibility index (Phi) is 6.42. The first-order chi connectivity index (χ1) is 14.7. The summed E-state index contributed by atoms with van der Waals surface area (Å²) in [6, 6.07) is 21.9. The van der Waals surface area contributed by atoms with E-state index in [1.807, 2.05) is 13.8 Å². The molecule has 3 aromatic rings. The van der Waals surface area contributed by atoms with Gasteiger partial charge >= 0.3 is 0 Å². The van der Waals surface area contributed by atoms with E-state index in [-0.39, 0.29) is 16.8 Å². The van der Waals surface area contributed by atoms with Crippen molar-refractivity contribution in [3.8, 4) is 6.07 Å².